The van der Waals surface area contributed by atoms with Crippen molar-refractivity contribution in [3.8, 4) is 0 Å². The van der Waals surface area contributed by atoms with E-state index in [0.29, 0.717) is 19.5 Å². The van der Waals surface area contributed by atoms with Gasteiger partial charge in [-0.3, -0.25) is 4.79 Å². The smallest absolute Gasteiger partial charge is 0.220 e. The van der Waals surface area contributed by atoms with Crippen molar-refractivity contribution < 1.29 is 9.37 Å². The highest BCUT2D eigenvalue weighted by atomic mass is 16.1. The highest BCUT2D eigenvalue weighted by molar-refractivity contribution is 6.03. The number of anilines is 2. The van der Waals surface area contributed by atoms with Gasteiger partial charge in [0.05, 0.1) is 5.41 Å². The van der Waals surface area contributed by atoms with Gasteiger partial charge in [-0.15, -0.1) is 0 Å². The van der Waals surface area contributed by atoms with Gasteiger partial charge < -0.3 is 16.4 Å². The fourth-order valence-corrected chi connectivity index (χ4v) is 5.09. The quantitative estimate of drug-likeness (QED) is 0.133. The maximum atomic E-state index is 11.9. The maximum Gasteiger partial charge on any atom is 0.220 e. The Morgan fingerprint density at radius 1 is 0.872 bits per heavy atom. The monoisotopic (exact) mass is 521 g/mol. The lowest BCUT2D eigenvalue weighted by Gasteiger charge is -2.16. The van der Waals surface area contributed by atoms with Gasteiger partial charge >= 0.3 is 0 Å². The first-order chi connectivity index (χ1) is 19.0. The number of carbonyl (C=O) groups excluding carboxylic acids is 1. The van der Waals surface area contributed by atoms with Crippen molar-refractivity contribution in [1.82, 2.24) is 5.32 Å². The van der Waals surface area contributed by atoms with Crippen LogP contribution in [0.2, 0.25) is 0 Å². The van der Waals surface area contributed by atoms with E-state index >= 15 is 0 Å². The topological polar surface area (TPSA) is 70.2 Å². The van der Waals surface area contributed by atoms with Crippen molar-refractivity contribution >= 4 is 34.8 Å². The van der Waals surface area contributed by atoms with E-state index in [1.165, 1.54) is 22.5 Å². The first-order valence-corrected chi connectivity index (χ1v) is 14.0. The summed E-state index contributed by atoms with van der Waals surface area (Å²) in [6, 6.07) is 27.3. The van der Waals surface area contributed by atoms with Crippen LogP contribution >= 0.6 is 0 Å². The summed E-state index contributed by atoms with van der Waals surface area (Å²) >= 11 is 0. The van der Waals surface area contributed by atoms with Crippen molar-refractivity contribution in [2.24, 2.45) is 5.73 Å². The molecule has 0 unspecified atom stereocenters. The molecule has 39 heavy (non-hydrogen) atoms. The van der Waals surface area contributed by atoms with Crippen LogP contribution in [0.3, 0.4) is 0 Å². The summed E-state index contributed by atoms with van der Waals surface area (Å²) in [5.74, 6) is 0.0898. The molecule has 0 bridgehead atoms. The molecule has 4 N–H and O–H groups in total. The Morgan fingerprint density at radius 3 is 2.33 bits per heavy atom. The number of fused-ring (bicyclic) bond motifs is 1. The standard InChI is InChI=1S/C34H40N4O/c1-34(2)30-26-29(37-28-17-8-4-9-18-28)21-22-31(30)38(25-13-5-10-20-33(39)36-24-23-35)32(34)19-12-11-16-27-14-6-3-7-15-27/h3-4,6-9,11-12,14-19,21-22,26,37H,5,10,13,20,23-25,35H2,1-2H3/p+1/b16-11+,19-12+. The van der Waals surface area contributed by atoms with Crippen molar-refractivity contribution in [3.05, 3.63) is 108 Å². The number of hydrogen-bond acceptors (Lipinski definition) is 3. The first kappa shape index (κ1) is 28.1. The molecular formula is C34H41N4O+. The molecule has 3 aromatic carbocycles. The number of rotatable bonds is 13. The van der Waals surface area contributed by atoms with Crippen LogP contribution in [-0.4, -0.2) is 35.8 Å². The fraction of sp³-hybridized carbons (Fsp3) is 0.294. The van der Waals surface area contributed by atoms with E-state index in [2.05, 4.69) is 108 Å². The zero-order valence-electron chi connectivity index (χ0n) is 23.2. The SMILES string of the molecule is CC1(C)C(/C=C/C=C/c2ccccc2)=[N+](CCCCCC(=O)NCCN)c2ccc(Nc3ccccc3)cc21. The van der Waals surface area contributed by atoms with Crippen LogP contribution in [-0.2, 0) is 10.2 Å². The molecule has 1 heterocycles. The van der Waals surface area contributed by atoms with E-state index in [4.69, 9.17) is 5.73 Å². The number of nitrogens with zero attached hydrogens (tertiary/aromatic N) is 1. The summed E-state index contributed by atoms with van der Waals surface area (Å²) in [7, 11) is 0. The van der Waals surface area contributed by atoms with Gasteiger partial charge in [0.15, 0.2) is 5.71 Å². The number of nitrogens with two attached hydrogens (primary N) is 1. The molecule has 1 aliphatic heterocycles. The van der Waals surface area contributed by atoms with Crippen LogP contribution in [0, 0.1) is 0 Å². The largest absolute Gasteiger partial charge is 0.356 e. The van der Waals surface area contributed by atoms with Crippen LogP contribution < -0.4 is 16.4 Å². The minimum Gasteiger partial charge on any atom is -0.356 e. The normalized spacial score (nSPS) is 14.2. The summed E-state index contributed by atoms with van der Waals surface area (Å²) in [5.41, 5.74) is 12.5. The molecule has 5 heteroatoms. The molecular weight excluding hydrogens is 480 g/mol. The second-order valence-corrected chi connectivity index (χ2v) is 10.5. The number of para-hydroxylation sites is 1. The van der Waals surface area contributed by atoms with Crippen LogP contribution in [0.25, 0.3) is 6.08 Å². The third-order valence-electron chi connectivity index (χ3n) is 7.16. The minimum atomic E-state index is -0.150. The third-order valence-corrected chi connectivity index (χ3v) is 7.16. The Kier molecular flexibility index (Phi) is 9.87. The van der Waals surface area contributed by atoms with Gasteiger partial charge in [-0.05, 0) is 56.5 Å². The van der Waals surface area contributed by atoms with Crippen molar-refractivity contribution in [2.45, 2.75) is 44.9 Å². The Balaban J connectivity index is 1.53. The van der Waals surface area contributed by atoms with Gasteiger partial charge in [0.2, 0.25) is 11.6 Å². The van der Waals surface area contributed by atoms with Crippen molar-refractivity contribution in [2.75, 3.05) is 25.0 Å². The lowest BCUT2D eigenvalue weighted by molar-refractivity contribution is -0.438. The number of unbranched alkanes of at least 4 members (excludes halogenated alkanes) is 2. The van der Waals surface area contributed by atoms with E-state index in [9.17, 15) is 4.79 Å². The highest BCUT2D eigenvalue weighted by Gasteiger charge is 2.44. The number of benzene rings is 3. The van der Waals surface area contributed by atoms with E-state index in [0.717, 1.165) is 37.2 Å². The summed E-state index contributed by atoms with van der Waals surface area (Å²) in [5, 5.41) is 6.41. The molecule has 5 nitrogen and oxygen atoms in total. The predicted molar refractivity (Wildman–Crippen MR) is 164 cm³/mol. The van der Waals surface area contributed by atoms with Crippen LogP contribution in [0.15, 0.2) is 97.1 Å². The summed E-state index contributed by atoms with van der Waals surface area (Å²) in [6.07, 6.45) is 12.1. The lowest BCUT2D eigenvalue weighted by Crippen LogP contribution is -2.28. The molecule has 0 aromatic heterocycles. The molecule has 0 radical (unpaired) electrons. The number of nitrogens with one attached hydrogen (secondary N) is 2. The van der Waals surface area contributed by atoms with Gasteiger partial charge in [0.25, 0.3) is 0 Å². The summed E-state index contributed by atoms with van der Waals surface area (Å²) < 4.78 is 2.46. The Morgan fingerprint density at radius 2 is 1.59 bits per heavy atom. The number of hydrogen-bond donors (Lipinski definition) is 3. The van der Waals surface area contributed by atoms with E-state index < -0.39 is 0 Å². The van der Waals surface area contributed by atoms with Crippen molar-refractivity contribution in [1.29, 1.82) is 0 Å². The predicted octanol–water partition coefficient (Wildman–Crippen LogP) is 6.71. The number of allylic oxidation sites excluding steroid dienone is 3. The Bertz CT molecular complexity index is 1320. The molecule has 0 spiro atoms. The molecule has 0 saturated carbocycles. The maximum absolute atomic E-state index is 11.9. The average molecular weight is 522 g/mol. The molecule has 3 aromatic rings. The Labute approximate surface area is 233 Å². The molecule has 0 fully saturated rings. The zero-order valence-corrected chi connectivity index (χ0v) is 23.2. The molecule has 1 amide bonds. The second kappa shape index (κ2) is 13.7. The minimum absolute atomic E-state index is 0.0898. The summed E-state index contributed by atoms with van der Waals surface area (Å²) in [6.45, 7) is 6.55. The van der Waals surface area contributed by atoms with Gasteiger partial charge in [0, 0.05) is 55.0 Å². The average Bonchev–Trinajstić information content (AvgIpc) is 3.16. The zero-order chi connectivity index (χ0) is 27.5. The van der Waals surface area contributed by atoms with Crippen LogP contribution in [0.4, 0.5) is 17.1 Å². The molecule has 0 atom stereocenters. The first-order valence-electron chi connectivity index (χ1n) is 14.0. The van der Waals surface area contributed by atoms with Gasteiger partial charge in [0.1, 0.15) is 6.54 Å². The van der Waals surface area contributed by atoms with Gasteiger partial charge in [-0.2, -0.15) is 4.58 Å². The Hall–Kier alpha value is -3.96. The van der Waals surface area contributed by atoms with E-state index in [1.54, 1.807) is 0 Å². The molecule has 1 aliphatic rings. The van der Waals surface area contributed by atoms with Crippen molar-refractivity contribution in [3.63, 3.8) is 0 Å². The van der Waals surface area contributed by atoms with Crippen LogP contribution in [0.5, 0.6) is 0 Å². The van der Waals surface area contributed by atoms with Crippen LogP contribution in [0.1, 0.15) is 50.7 Å². The van der Waals surface area contributed by atoms with E-state index in [1.807, 2.05) is 24.3 Å². The number of amides is 1. The third kappa shape index (κ3) is 7.55. The van der Waals surface area contributed by atoms with Gasteiger partial charge in [-0.25, -0.2) is 0 Å². The fourth-order valence-electron chi connectivity index (χ4n) is 5.09. The molecule has 4 rings (SSSR count). The highest BCUT2D eigenvalue weighted by Crippen LogP contribution is 2.42. The lowest BCUT2D eigenvalue weighted by atomic mass is 9.81. The molecule has 0 saturated heterocycles. The number of carbonyl (C=O) groups is 1. The molecule has 202 valence electrons. The van der Waals surface area contributed by atoms with E-state index in [-0.39, 0.29) is 11.3 Å². The summed E-state index contributed by atoms with van der Waals surface area (Å²) in [4.78, 5) is 11.9. The second-order valence-electron chi connectivity index (χ2n) is 10.5. The molecule has 0 aliphatic carbocycles. The van der Waals surface area contributed by atoms with Gasteiger partial charge in [-0.1, -0.05) is 66.8 Å².